The van der Waals surface area contributed by atoms with Gasteiger partial charge in [0.25, 0.3) is 0 Å². The standard InChI is InChI=1S/C17H31N3/c1-17(13-18,19-2)8-4-5-9-20(3)12-16-11-14-6-7-15(16)10-14/h14-16,19H,4-12H2,1-3H3. The molecular formula is C17H31N3. The molecule has 20 heavy (non-hydrogen) atoms. The first-order chi connectivity index (χ1) is 9.56. The van der Waals surface area contributed by atoms with E-state index in [4.69, 9.17) is 5.26 Å². The molecular weight excluding hydrogens is 246 g/mol. The maximum Gasteiger partial charge on any atom is 0.103 e. The zero-order chi connectivity index (χ0) is 14.6. The van der Waals surface area contributed by atoms with Crippen molar-refractivity contribution in [1.29, 1.82) is 5.26 Å². The maximum absolute atomic E-state index is 9.12. The molecule has 3 nitrogen and oxygen atoms in total. The lowest BCUT2D eigenvalue weighted by Crippen LogP contribution is -2.38. The second-order valence-electron chi connectivity index (χ2n) is 7.35. The fourth-order valence-corrected chi connectivity index (χ4v) is 4.19. The number of rotatable bonds is 8. The molecule has 0 radical (unpaired) electrons. The van der Waals surface area contributed by atoms with Crippen LogP contribution in [0, 0.1) is 29.1 Å². The number of nitrogens with one attached hydrogen (secondary N) is 1. The summed E-state index contributed by atoms with van der Waals surface area (Å²) in [4.78, 5) is 2.52. The Bertz CT molecular complexity index is 349. The van der Waals surface area contributed by atoms with E-state index >= 15 is 0 Å². The third-order valence-corrected chi connectivity index (χ3v) is 5.70. The molecule has 2 aliphatic carbocycles. The summed E-state index contributed by atoms with van der Waals surface area (Å²) in [5.41, 5.74) is -0.344. The molecule has 0 spiro atoms. The quantitative estimate of drug-likeness (QED) is 0.693. The van der Waals surface area contributed by atoms with Gasteiger partial charge in [0.05, 0.1) is 6.07 Å². The molecule has 2 aliphatic rings. The molecule has 2 saturated carbocycles. The summed E-state index contributed by atoms with van der Waals surface area (Å²) in [5.74, 6) is 3.07. The molecule has 0 heterocycles. The number of hydrogen-bond acceptors (Lipinski definition) is 3. The monoisotopic (exact) mass is 277 g/mol. The molecule has 0 aromatic rings. The fourth-order valence-electron chi connectivity index (χ4n) is 4.19. The Labute approximate surface area is 124 Å². The molecule has 2 bridgehead atoms. The molecule has 2 rings (SSSR count). The smallest absolute Gasteiger partial charge is 0.103 e. The van der Waals surface area contributed by atoms with E-state index in [1.165, 1.54) is 45.2 Å². The molecule has 0 saturated heterocycles. The Morgan fingerprint density at radius 2 is 2.10 bits per heavy atom. The minimum atomic E-state index is -0.344. The molecule has 4 unspecified atom stereocenters. The highest BCUT2D eigenvalue weighted by molar-refractivity contribution is 5.02. The van der Waals surface area contributed by atoms with Crippen LogP contribution in [0.4, 0.5) is 0 Å². The van der Waals surface area contributed by atoms with Gasteiger partial charge in [-0.3, -0.25) is 0 Å². The molecule has 0 aromatic carbocycles. The molecule has 4 atom stereocenters. The minimum Gasteiger partial charge on any atom is -0.306 e. The van der Waals surface area contributed by atoms with Crippen LogP contribution in [0.3, 0.4) is 0 Å². The Balaban J connectivity index is 1.59. The molecule has 0 aliphatic heterocycles. The summed E-state index contributed by atoms with van der Waals surface area (Å²) in [6.07, 6.45) is 9.28. The van der Waals surface area contributed by atoms with Gasteiger partial charge < -0.3 is 10.2 Å². The van der Waals surface area contributed by atoms with Gasteiger partial charge in [-0.05, 0) is 83.8 Å². The van der Waals surface area contributed by atoms with Crippen molar-refractivity contribution in [3.63, 3.8) is 0 Å². The predicted octanol–water partition coefficient (Wildman–Crippen LogP) is 3.03. The summed E-state index contributed by atoms with van der Waals surface area (Å²) in [6.45, 7) is 4.47. The second kappa shape index (κ2) is 6.91. The van der Waals surface area contributed by atoms with Crippen LogP contribution >= 0.6 is 0 Å². The number of unbranched alkanes of at least 4 members (excludes halogenated alkanes) is 1. The van der Waals surface area contributed by atoms with E-state index in [-0.39, 0.29) is 5.54 Å². The Kier molecular flexibility index (Phi) is 5.46. The molecule has 1 N–H and O–H groups in total. The third-order valence-electron chi connectivity index (χ3n) is 5.70. The lowest BCUT2D eigenvalue weighted by Gasteiger charge is -2.27. The van der Waals surface area contributed by atoms with Gasteiger partial charge in [-0.1, -0.05) is 6.42 Å². The maximum atomic E-state index is 9.12. The van der Waals surface area contributed by atoms with Gasteiger partial charge in [-0.2, -0.15) is 5.26 Å². The normalized spacial score (nSPS) is 31.4. The molecule has 2 fully saturated rings. The highest BCUT2D eigenvalue weighted by Gasteiger charge is 2.39. The van der Waals surface area contributed by atoms with Crippen molar-refractivity contribution in [2.24, 2.45) is 17.8 Å². The second-order valence-corrected chi connectivity index (χ2v) is 7.35. The zero-order valence-electron chi connectivity index (χ0n) is 13.5. The highest BCUT2D eigenvalue weighted by Crippen LogP contribution is 2.48. The van der Waals surface area contributed by atoms with E-state index in [2.05, 4.69) is 23.3 Å². The summed E-state index contributed by atoms with van der Waals surface area (Å²) >= 11 is 0. The lowest BCUT2D eigenvalue weighted by molar-refractivity contribution is 0.215. The highest BCUT2D eigenvalue weighted by atomic mass is 15.1. The summed E-state index contributed by atoms with van der Waals surface area (Å²) in [6, 6.07) is 2.37. The average Bonchev–Trinajstić information content (AvgIpc) is 3.06. The first-order valence-electron chi connectivity index (χ1n) is 8.35. The van der Waals surface area contributed by atoms with Crippen molar-refractivity contribution in [2.75, 3.05) is 27.2 Å². The fraction of sp³-hybridized carbons (Fsp3) is 0.941. The van der Waals surface area contributed by atoms with Crippen molar-refractivity contribution in [1.82, 2.24) is 10.2 Å². The predicted molar refractivity (Wildman–Crippen MR) is 83.4 cm³/mol. The first kappa shape index (κ1) is 15.8. The number of nitrogens with zero attached hydrogens (tertiary/aromatic N) is 2. The van der Waals surface area contributed by atoms with Crippen LogP contribution in [-0.4, -0.2) is 37.6 Å². The van der Waals surface area contributed by atoms with Crippen LogP contribution < -0.4 is 5.32 Å². The van der Waals surface area contributed by atoms with Gasteiger partial charge >= 0.3 is 0 Å². The van der Waals surface area contributed by atoms with Crippen LogP contribution in [0.1, 0.15) is 51.9 Å². The molecule has 3 heteroatoms. The van der Waals surface area contributed by atoms with Gasteiger partial charge in [0, 0.05) is 6.54 Å². The third kappa shape index (κ3) is 3.96. The first-order valence-corrected chi connectivity index (χ1v) is 8.35. The summed E-state index contributed by atoms with van der Waals surface area (Å²) in [7, 11) is 4.15. The van der Waals surface area contributed by atoms with Crippen LogP contribution in [-0.2, 0) is 0 Å². The number of nitriles is 1. The summed E-state index contributed by atoms with van der Waals surface area (Å²) in [5, 5.41) is 12.2. The van der Waals surface area contributed by atoms with Crippen molar-refractivity contribution in [3.8, 4) is 6.07 Å². The Hall–Kier alpha value is -0.590. The molecule has 114 valence electrons. The van der Waals surface area contributed by atoms with Crippen LogP contribution in [0.2, 0.25) is 0 Å². The van der Waals surface area contributed by atoms with E-state index in [0.29, 0.717) is 0 Å². The van der Waals surface area contributed by atoms with Gasteiger partial charge in [-0.15, -0.1) is 0 Å². The van der Waals surface area contributed by atoms with Crippen molar-refractivity contribution >= 4 is 0 Å². The van der Waals surface area contributed by atoms with E-state index in [1.807, 2.05) is 14.0 Å². The molecule has 0 aromatic heterocycles. The van der Waals surface area contributed by atoms with E-state index in [0.717, 1.165) is 30.6 Å². The van der Waals surface area contributed by atoms with Gasteiger partial charge in [0.2, 0.25) is 0 Å². The number of hydrogen-bond donors (Lipinski definition) is 1. The van der Waals surface area contributed by atoms with Crippen LogP contribution in [0.15, 0.2) is 0 Å². The minimum absolute atomic E-state index is 0.344. The van der Waals surface area contributed by atoms with Gasteiger partial charge in [0.15, 0.2) is 0 Å². The average molecular weight is 277 g/mol. The van der Waals surface area contributed by atoms with Gasteiger partial charge in [-0.25, -0.2) is 0 Å². The van der Waals surface area contributed by atoms with Crippen molar-refractivity contribution in [2.45, 2.75) is 57.4 Å². The lowest BCUT2D eigenvalue weighted by atomic mass is 9.88. The van der Waals surface area contributed by atoms with Gasteiger partial charge in [0.1, 0.15) is 5.54 Å². The zero-order valence-corrected chi connectivity index (χ0v) is 13.5. The summed E-state index contributed by atoms with van der Waals surface area (Å²) < 4.78 is 0. The Morgan fingerprint density at radius 3 is 2.65 bits per heavy atom. The topological polar surface area (TPSA) is 39.1 Å². The van der Waals surface area contributed by atoms with E-state index in [1.54, 1.807) is 0 Å². The SMILES string of the molecule is CNC(C)(C#N)CCCCN(C)CC1CC2CCC1C2. The Morgan fingerprint density at radius 1 is 1.30 bits per heavy atom. The van der Waals surface area contributed by atoms with Crippen molar-refractivity contribution in [3.05, 3.63) is 0 Å². The van der Waals surface area contributed by atoms with E-state index in [9.17, 15) is 0 Å². The van der Waals surface area contributed by atoms with Crippen LogP contribution in [0.5, 0.6) is 0 Å². The number of fused-ring (bicyclic) bond motifs is 2. The molecule has 0 amide bonds. The van der Waals surface area contributed by atoms with E-state index < -0.39 is 0 Å². The van der Waals surface area contributed by atoms with Crippen molar-refractivity contribution < 1.29 is 0 Å². The van der Waals surface area contributed by atoms with Crippen LogP contribution in [0.25, 0.3) is 0 Å². The largest absolute Gasteiger partial charge is 0.306 e.